The average molecular weight is 1140 g/mol. The maximum absolute atomic E-state index is 14.6. The molecule has 0 aliphatic carbocycles. The highest BCUT2D eigenvalue weighted by Gasteiger charge is 2.49. The van der Waals surface area contributed by atoms with Gasteiger partial charge in [0.25, 0.3) is 0 Å². The van der Waals surface area contributed by atoms with Crippen molar-refractivity contribution in [3.63, 3.8) is 0 Å². The van der Waals surface area contributed by atoms with Crippen LogP contribution in [-0.2, 0) is 43.1 Å². The molecule has 0 saturated carbocycles. The van der Waals surface area contributed by atoms with E-state index in [9.17, 15) is 79.2 Å². The van der Waals surface area contributed by atoms with Crippen LogP contribution in [0, 0.1) is 11.8 Å². The lowest BCUT2D eigenvalue weighted by atomic mass is 9.91. The zero-order valence-corrected chi connectivity index (χ0v) is 46.7. The van der Waals surface area contributed by atoms with Crippen molar-refractivity contribution in [3.05, 3.63) is 29.8 Å². The Hall–Kier alpha value is -5.19. The van der Waals surface area contributed by atoms with Gasteiger partial charge >= 0.3 is 5.97 Å². The molecule has 0 bridgehead atoms. The van der Waals surface area contributed by atoms with E-state index in [4.69, 9.17) is 10.5 Å². The maximum atomic E-state index is 14.6. The van der Waals surface area contributed by atoms with Gasteiger partial charge in [-0.3, -0.25) is 38.4 Å². The molecule has 0 spiro atoms. The Morgan fingerprint density at radius 3 is 2.01 bits per heavy atom. The number of thioether (sulfide) groups is 1. The maximum Gasteiger partial charge on any atom is 0.315 e. The zero-order chi connectivity index (χ0) is 58.7. The molecule has 26 heteroatoms. The molecule has 1 aromatic carbocycles. The first-order chi connectivity index (χ1) is 37.4. The van der Waals surface area contributed by atoms with Gasteiger partial charge in [-0.2, -0.15) is 0 Å². The number of carbonyl (C=O) groups is 8. The standard InChI is InChI=1S/C53H86N8O17S/c1-6-28(2)23-29(3)13-11-9-7-8-10-12-14-39(68)55-34-25-38(67)51(79-27-40(69)78-5)59-50(75)44-37(66)20-22-60(44)53(77)42(36(65)19-21-54)57-49(74)43(46(71)45(70)31-15-17-32(63)18-16-31)58-48(73)35-24-33(64)26-61(35)52(76)41(30(4)62)56-47(34)72/h15-18,28-30,33-38,41-46,51,62-67,70-71H,6-14,19-27,54H2,1-5H3,(H,55,68)(H,56,72)(H,57,74)(H,58,73)(H,59,75)/t28?,29?,30-,33-,34?,35?,36-,37+,38-,41?,42?,43+,44+,45+,46+,51?/m1/s1. The molecule has 0 aromatic heterocycles. The number of ether oxygens (including phenoxy) is 1. The second-order valence-corrected chi connectivity index (χ2v) is 22.5. The number of benzene rings is 1. The molecular formula is C53H86N8O17S. The van der Waals surface area contributed by atoms with Crippen LogP contribution < -0.4 is 32.3 Å². The van der Waals surface area contributed by atoms with Gasteiger partial charge in [0.1, 0.15) is 59.6 Å². The predicted molar refractivity (Wildman–Crippen MR) is 288 cm³/mol. The predicted octanol–water partition coefficient (Wildman–Crippen LogP) is -1.95. The largest absolute Gasteiger partial charge is 0.508 e. The minimum Gasteiger partial charge on any atom is -0.508 e. The lowest BCUT2D eigenvalue weighted by Gasteiger charge is -2.35. The van der Waals surface area contributed by atoms with Crippen LogP contribution >= 0.6 is 11.8 Å². The topological polar surface area (TPSA) is 400 Å². The number of phenolic OH excluding ortho intramolecular Hbond substituents is 1. The number of esters is 1. The first-order valence-corrected chi connectivity index (χ1v) is 28.5. The van der Waals surface area contributed by atoms with Crippen LogP contribution in [0.15, 0.2) is 24.3 Å². The summed E-state index contributed by atoms with van der Waals surface area (Å²) >= 11 is 0.627. The van der Waals surface area contributed by atoms with Crippen LogP contribution in [0.2, 0.25) is 0 Å². The molecule has 3 aliphatic heterocycles. The summed E-state index contributed by atoms with van der Waals surface area (Å²) in [5, 5.41) is 100. The third-order valence-corrected chi connectivity index (χ3v) is 16.1. The van der Waals surface area contributed by atoms with E-state index in [-0.39, 0.29) is 43.7 Å². The Labute approximate surface area is 465 Å². The summed E-state index contributed by atoms with van der Waals surface area (Å²) in [7, 11) is 1.09. The smallest absolute Gasteiger partial charge is 0.315 e. The van der Waals surface area contributed by atoms with Crippen LogP contribution in [0.5, 0.6) is 5.75 Å². The van der Waals surface area contributed by atoms with Crippen molar-refractivity contribution >= 4 is 59.1 Å². The molecular weight excluding hydrogens is 1050 g/mol. The first kappa shape index (κ1) is 66.3. The molecule has 1 aromatic rings. The molecule has 79 heavy (non-hydrogen) atoms. The highest BCUT2D eigenvalue weighted by Crippen LogP contribution is 2.28. The fourth-order valence-electron chi connectivity index (χ4n) is 10.2. The second kappa shape index (κ2) is 32.3. The van der Waals surface area contributed by atoms with Gasteiger partial charge in [-0.15, -0.1) is 11.8 Å². The number of hydrogen-bond acceptors (Lipinski definition) is 19. The van der Waals surface area contributed by atoms with Gasteiger partial charge in [-0.05, 0) is 68.7 Å². The van der Waals surface area contributed by atoms with Crippen molar-refractivity contribution < 1.29 is 83.9 Å². The van der Waals surface area contributed by atoms with Gasteiger partial charge in [-0.1, -0.05) is 77.8 Å². The number of fused-ring (bicyclic) bond motifs is 2. The third kappa shape index (κ3) is 19.5. The molecule has 3 saturated heterocycles. The lowest BCUT2D eigenvalue weighted by Crippen LogP contribution is -2.64. The van der Waals surface area contributed by atoms with Gasteiger partial charge in [0.05, 0.1) is 43.4 Å². The van der Waals surface area contributed by atoms with Gasteiger partial charge < -0.3 is 87.7 Å². The van der Waals surface area contributed by atoms with Gasteiger partial charge in [-0.25, -0.2) is 0 Å². The van der Waals surface area contributed by atoms with Crippen molar-refractivity contribution in [1.29, 1.82) is 0 Å². The Bertz CT molecular complexity index is 2180. The van der Waals surface area contributed by atoms with E-state index in [2.05, 4.69) is 47.4 Å². The Morgan fingerprint density at radius 2 is 1.38 bits per heavy atom. The van der Waals surface area contributed by atoms with E-state index in [1.54, 1.807) is 0 Å². The molecule has 7 unspecified atom stereocenters. The number of aliphatic hydroxyl groups excluding tert-OH is 7. The molecule has 3 fully saturated rings. The van der Waals surface area contributed by atoms with Crippen molar-refractivity contribution in [3.8, 4) is 5.75 Å². The highest BCUT2D eigenvalue weighted by molar-refractivity contribution is 8.00. The third-order valence-electron chi connectivity index (χ3n) is 14.9. The number of rotatable bonds is 23. The van der Waals surface area contributed by atoms with Crippen LogP contribution in [0.3, 0.4) is 0 Å². The van der Waals surface area contributed by atoms with Gasteiger partial charge in [0.15, 0.2) is 0 Å². The van der Waals surface area contributed by atoms with Crippen molar-refractivity contribution in [1.82, 2.24) is 36.4 Å². The number of nitrogens with one attached hydrogen (secondary N) is 5. The fraction of sp³-hybridized carbons (Fsp3) is 0.736. The van der Waals surface area contributed by atoms with Crippen LogP contribution in [0.25, 0.3) is 0 Å². The summed E-state index contributed by atoms with van der Waals surface area (Å²) in [5.41, 5.74) is 5.68. The number of nitrogens with zero attached hydrogens (tertiary/aromatic N) is 2. The summed E-state index contributed by atoms with van der Waals surface area (Å²) < 4.78 is 4.78. The lowest BCUT2D eigenvalue weighted by molar-refractivity contribution is -0.148. The Morgan fingerprint density at radius 1 is 0.759 bits per heavy atom. The van der Waals surface area contributed by atoms with Crippen LogP contribution in [-0.4, -0.2) is 209 Å². The summed E-state index contributed by atoms with van der Waals surface area (Å²) in [5.74, 6) is -8.05. The molecule has 15 N–H and O–H groups in total. The molecule has 7 amide bonds. The number of phenols is 1. The summed E-state index contributed by atoms with van der Waals surface area (Å²) in [6.45, 7) is 6.67. The van der Waals surface area contributed by atoms with E-state index in [1.165, 1.54) is 18.6 Å². The van der Waals surface area contributed by atoms with E-state index < -0.39 is 157 Å². The average Bonchev–Trinajstić information content (AvgIpc) is 4.04. The molecule has 0 radical (unpaired) electrons. The van der Waals surface area contributed by atoms with Crippen molar-refractivity contribution in [2.45, 2.75) is 202 Å². The number of hydrogen-bond donors (Lipinski definition) is 14. The van der Waals surface area contributed by atoms with E-state index in [0.29, 0.717) is 36.4 Å². The number of unbranched alkanes of at least 4 members (excludes halogenated alkanes) is 5. The van der Waals surface area contributed by atoms with Crippen molar-refractivity contribution in [2.75, 3.05) is 32.5 Å². The second-order valence-electron chi connectivity index (χ2n) is 21.4. The molecule has 3 aliphatic rings. The van der Waals surface area contributed by atoms with Gasteiger partial charge in [0.2, 0.25) is 41.4 Å². The number of methoxy groups -OCH3 is 1. The number of aliphatic hydroxyl groups is 7. The summed E-state index contributed by atoms with van der Waals surface area (Å²) in [6.07, 6.45) is -6.10. The van der Waals surface area contributed by atoms with Crippen LogP contribution in [0.4, 0.5) is 0 Å². The molecule has 25 nitrogen and oxygen atoms in total. The monoisotopic (exact) mass is 1140 g/mol. The van der Waals surface area contributed by atoms with E-state index >= 15 is 0 Å². The van der Waals surface area contributed by atoms with Gasteiger partial charge in [0, 0.05) is 32.4 Å². The number of amides is 7. The summed E-state index contributed by atoms with van der Waals surface area (Å²) in [4.78, 5) is 115. The normalized spacial score (nSPS) is 28.1. The SMILES string of the molecule is CCC(C)CC(C)CCCCCCCCC(=O)NC1C[C@@H](O)C(SCC(=O)OC)NC(=O)[C@@H]2[C@@H](O)CCN2C(=O)C([C@H](O)CCN)NC(=O)[C@H]([C@H](O)[C@@H](O)c2ccc(O)cc2)NC(=O)C2C[C@@H](O)CN2C(=O)C([C@@H](C)O)NC1=O. The number of aromatic hydroxyl groups is 1. The minimum atomic E-state index is -2.30. The molecule has 446 valence electrons. The van der Waals surface area contributed by atoms with Crippen LogP contribution in [0.1, 0.15) is 129 Å². The fourth-order valence-corrected chi connectivity index (χ4v) is 11.1. The Balaban J connectivity index is 1.76. The minimum absolute atomic E-state index is 0.0618. The molecule has 3 heterocycles. The Kier molecular flexibility index (Phi) is 27.1. The first-order valence-electron chi connectivity index (χ1n) is 27.5. The molecule has 16 atom stereocenters. The molecule has 4 rings (SSSR count). The number of carbonyl (C=O) groups excluding carboxylic acids is 8. The number of nitrogens with two attached hydrogens (primary N) is 1. The van der Waals surface area contributed by atoms with E-state index in [0.717, 1.165) is 74.5 Å². The summed E-state index contributed by atoms with van der Waals surface area (Å²) in [6, 6.07) is -6.70. The quantitative estimate of drug-likeness (QED) is 0.0418. The highest BCUT2D eigenvalue weighted by atomic mass is 32.2. The van der Waals surface area contributed by atoms with Crippen molar-refractivity contribution in [2.24, 2.45) is 17.6 Å². The van der Waals surface area contributed by atoms with E-state index in [1.807, 2.05) is 0 Å². The zero-order valence-electron chi connectivity index (χ0n) is 45.9.